The first-order chi connectivity index (χ1) is 14.2. The number of hydrogen-bond donors (Lipinski definition) is 0. The number of thiazole rings is 1. The van der Waals surface area contributed by atoms with E-state index in [0.29, 0.717) is 0 Å². The van der Waals surface area contributed by atoms with Crippen molar-refractivity contribution in [3.8, 4) is 11.3 Å². The van der Waals surface area contributed by atoms with Crippen LogP contribution in [-0.4, -0.2) is 56.8 Å². The number of hydrogen-bond acceptors (Lipinski definition) is 6. The van der Waals surface area contributed by atoms with Crippen LogP contribution in [0, 0.1) is 0 Å². The van der Waals surface area contributed by atoms with Crippen molar-refractivity contribution < 1.29 is 4.39 Å². The van der Waals surface area contributed by atoms with Crippen LogP contribution >= 0.6 is 11.3 Å². The summed E-state index contributed by atoms with van der Waals surface area (Å²) in [5.74, 6) is 0. The first-order valence-corrected chi connectivity index (χ1v) is 10.8. The number of allylic oxidation sites excluding steroid dienone is 2. The highest BCUT2D eigenvalue weighted by Crippen LogP contribution is 2.29. The second kappa shape index (κ2) is 8.92. The fourth-order valence-electron chi connectivity index (χ4n) is 3.47. The molecule has 0 N–H and O–H groups in total. The van der Waals surface area contributed by atoms with Crippen LogP contribution in [0.25, 0.3) is 27.0 Å². The molecule has 29 heavy (non-hydrogen) atoms. The Morgan fingerprint density at radius 1 is 1.34 bits per heavy atom. The van der Waals surface area contributed by atoms with Gasteiger partial charge in [-0.25, -0.2) is 9.37 Å². The summed E-state index contributed by atoms with van der Waals surface area (Å²) in [7, 11) is 0. The highest BCUT2D eigenvalue weighted by molar-refractivity contribution is 7.19. The first-order valence-electron chi connectivity index (χ1n) is 9.97. The Bertz CT molecular complexity index is 1030. The molecular formula is C21H25FN6S. The van der Waals surface area contributed by atoms with Crippen molar-refractivity contribution in [2.75, 3.05) is 19.8 Å². The molecule has 1 unspecified atom stereocenters. The summed E-state index contributed by atoms with van der Waals surface area (Å²) in [5.41, 5.74) is 3.57. The van der Waals surface area contributed by atoms with E-state index in [-0.39, 0.29) is 12.7 Å². The minimum absolute atomic E-state index is 0.191. The predicted octanol–water partition coefficient (Wildman–Crippen LogP) is 4.44. The summed E-state index contributed by atoms with van der Waals surface area (Å²) in [5, 5.41) is 5.11. The average molecular weight is 413 g/mol. The van der Waals surface area contributed by atoms with Crippen LogP contribution in [0.2, 0.25) is 0 Å². The van der Waals surface area contributed by atoms with Crippen LogP contribution in [0.15, 0.2) is 35.7 Å². The zero-order valence-electron chi connectivity index (χ0n) is 16.8. The lowest BCUT2D eigenvalue weighted by molar-refractivity contribution is 0.268. The quantitative estimate of drug-likeness (QED) is 0.538. The van der Waals surface area contributed by atoms with E-state index in [1.54, 1.807) is 22.2 Å². The summed E-state index contributed by atoms with van der Waals surface area (Å²) in [4.78, 5) is 16.5. The van der Waals surface area contributed by atoms with Gasteiger partial charge in [-0.2, -0.15) is 5.10 Å². The van der Waals surface area contributed by atoms with E-state index >= 15 is 0 Å². The molecule has 1 fully saturated rings. The third-order valence-electron chi connectivity index (χ3n) is 5.17. The number of nitrogens with zero attached hydrogens (tertiary/aromatic N) is 6. The lowest BCUT2D eigenvalue weighted by atomic mass is 10.2. The monoisotopic (exact) mass is 412 g/mol. The Morgan fingerprint density at radius 3 is 2.93 bits per heavy atom. The second-order valence-corrected chi connectivity index (χ2v) is 8.17. The molecule has 4 rings (SSSR count). The van der Waals surface area contributed by atoms with Crippen LogP contribution < -0.4 is 0 Å². The van der Waals surface area contributed by atoms with Crippen molar-refractivity contribution in [3.63, 3.8) is 0 Å². The largest absolute Gasteiger partial charge is 0.282 e. The Morgan fingerprint density at radius 2 is 2.17 bits per heavy atom. The number of likely N-dealkylation sites (tertiary alicyclic amines) is 1. The molecule has 3 aromatic rings. The van der Waals surface area contributed by atoms with Crippen LogP contribution in [0.5, 0.6) is 0 Å². The molecule has 1 aliphatic heterocycles. The Balaban J connectivity index is 1.55. The van der Waals surface area contributed by atoms with Gasteiger partial charge < -0.3 is 0 Å². The average Bonchev–Trinajstić information content (AvgIpc) is 3.48. The molecular weight excluding hydrogens is 387 g/mol. The molecule has 6 nitrogen and oxygen atoms in total. The Labute approximate surface area is 173 Å². The summed E-state index contributed by atoms with van der Waals surface area (Å²) in [6.07, 6.45) is 12.1. The van der Waals surface area contributed by atoms with Crippen molar-refractivity contribution in [1.29, 1.82) is 0 Å². The molecule has 4 heterocycles. The first kappa shape index (κ1) is 19.8. The zero-order valence-corrected chi connectivity index (χ0v) is 17.6. The van der Waals surface area contributed by atoms with Gasteiger partial charge in [0, 0.05) is 42.8 Å². The molecule has 0 spiro atoms. The van der Waals surface area contributed by atoms with Crippen LogP contribution in [-0.2, 0) is 6.54 Å². The maximum absolute atomic E-state index is 12.5. The summed E-state index contributed by atoms with van der Waals surface area (Å²) in [6.45, 7) is 6.22. The third kappa shape index (κ3) is 4.43. The topological polar surface area (TPSA) is 59.2 Å². The van der Waals surface area contributed by atoms with Crippen molar-refractivity contribution in [1.82, 2.24) is 24.6 Å². The minimum atomic E-state index is -0.437. The molecule has 1 atom stereocenters. The molecule has 0 aliphatic carbocycles. The number of fused-ring (bicyclic) bond motifs is 1. The molecule has 8 heteroatoms. The standard InChI is InChI=1S/C21H25FN6S/c1-3-16(11-23-15(2)27-7-4-5-8-27)21-26-19-10-18(24-13-20(19)29-21)17-12-25-28(14-17)9-6-22/h3,10-15H,4-9H2,1-2H3/b16-3+,23-11-. The van der Waals surface area contributed by atoms with Gasteiger partial charge in [-0.3, -0.25) is 19.6 Å². The summed E-state index contributed by atoms with van der Waals surface area (Å²) in [6, 6.07) is 1.96. The lowest BCUT2D eigenvalue weighted by Gasteiger charge is -2.19. The SMILES string of the molecule is C/C=C(\C=N/C(C)N1CCCC1)c1nc2cc(-c3cnn(CCF)c3)ncc2s1. The van der Waals surface area contributed by atoms with E-state index in [0.717, 1.165) is 45.1 Å². The molecule has 1 saturated heterocycles. The highest BCUT2D eigenvalue weighted by atomic mass is 32.1. The number of aryl methyl sites for hydroxylation is 1. The molecule has 0 aromatic carbocycles. The Hall–Kier alpha value is -2.45. The van der Waals surface area contributed by atoms with E-state index in [2.05, 4.69) is 21.9 Å². The Kier molecular flexibility index (Phi) is 6.10. The van der Waals surface area contributed by atoms with Gasteiger partial charge in [0.25, 0.3) is 0 Å². The lowest BCUT2D eigenvalue weighted by Crippen LogP contribution is -2.28. The normalized spacial score (nSPS) is 17.0. The van der Waals surface area contributed by atoms with Gasteiger partial charge in [0.15, 0.2) is 0 Å². The number of alkyl halides is 1. The maximum Gasteiger partial charge on any atom is 0.125 e. The second-order valence-electron chi connectivity index (χ2n) is 7.13. The van der Waals surface area contributed by atoms with E-state index in [1.807, 2.05) is 37.7 Å². The summed E-state index contributed by atoms with van der Waals surface area (Å²) >= 11 is 1.61. The molecule has 0 saturated carbocycles. The highest BCUT2D eigenvalue weighted by Gasteiger charge is 2.17. The van der Waals surface area contributed by atoms with Crippen LogP contribution in [0.3, 0.4) is 0 Å². The number of pyridine rings is 1. The van der Waals surface area contributed by atoms with Gasteiger partial charge in [0.1, 0.15) is 11.7 Å². The molecule has 1 aliphatic rings. The van der Waals surface area contributed by atoms with Crippen molar-refractivity contribution in [2.45, 2.75) is 39.4 Å². The summed E-state index contributed by atoms with van der Waals surface area (Å²) < 4.78 is 15.1. The van der Waals surface area contributed by atoms with Gasteiger partial charge >= 0.3 is 0 Å². The van der Waals surface area contributed by atoms with Crippen molar-refractivity contribution in [2.24, 2.45) is 4.99 Å². The van der Waals surface area contributed by atoms with Crippen LogP contribution in [0.1, 0.15) is 31.7 Å². The van der Waals surface area contributed by atoms with Gasteiger partial charge in [0.05, 0.1) is 34.8 Å². The molecule has 152 valence electrons. The van der Waals surface area contributed by atoms with Gasteiger partial charge in [0.2, 0.25) is 0 Å². The predicted molar refractivity (Wildman–Crippen MR) is 117 cm³/mol. The van der Waals surface area contributed by atoms with E-state index in [1.165, 1.54) is 12.8 Å². The zero-order chi connectivity index (χ0) is 20.2. The van der Waals surface area contributed by atoms with E-state index < -0.39 is 6.67 Å². The molecule has 3 aromatic heterocycles. The van der Waals surface area contributed by atoms with Crippen molar-refractivity contribution >= 4 is 33.3 Å². The fraction of sp³-hybridized carbons (Fsp3) is 0.429. The molecule has 0 amide bonds. The fourth-order valence-corrected chi connectivity index (χ4v) is 4.43. The minimum Gasteiger partial charge on any atom is -0.282 e. The molecule has 0 radical (unpaired) electrons. The van der Waals surface area contributed by atoms with Gasteiger partial charge in [-0.05, 0) is 32.8 Å². The van der Waals surface area contributed by atoms with E-state index in [4.69, 9.17) is 9.98 Å². The third-order valence-corrected chi connectivity index (χ3v) is 6.23. The van der Waals surface area contributed by atoms with E-state index in [9.17, 15) is 4.39 Å². The number of rotatable bonds is 7. The number of halogens is 1. The number of aromatic nitrogens is 4. The smallest absolute Gasteiger partial charge is 0.125 e. The van der Waals surface area contributed by atoms with Gasteiger partial charge in [-0.15, -0.1) is 11.3 Å². The van der Waals surface area contributed by atoms with Gasteiger partial charge in [-0.1, -0.05) is 6.08 Å². The number of aliphatic imine (C=N–C) groups is 1. The van der Waals surface area contributed by atoms with Crippen LogP contribution in [0.4, 0.5) is 4.39 Å². The molecule has 0 bridgehead atoms. The van der Waals surface area contributed by atoms with Crippen molar-refractivity contribution in [3.05, 3.63) is 35.7 Å². The maximum atomic E-state index is 12.5.